The first-order valence-corrected chi connectivity index (χ1v) is 20.5. The van der Waals surface area contributed by atoms with Gasteiger partial charge in [0, 0.05) is 13.0 Å². The van der Waals surface area contributed by atoms with Gasteiger partial charge in [-0.15, -0.1) is 0 Å². The van der Waals surface area contributed by atoms with E-state index in [4.69, 9.17) is 9.05 Å². The fourth-order valence-corrected chi connectivity index (χ4v) is 6.90. The SMILES string of the molecule is CCCCCCCCCCCCCCCCCC/C=C\CCCCCCCC(=O)N1CCC[C@@H]1OP(=O)(O)OCC[N+](C)(C)C. The maximum absolute atomic E-state index is 12.7. The van der Waals surface area contributed by atoms with E-state index in [1.807, 2.05) is 21.1 Å². The summed E-state index contributed by atoms with van der Waals surface area (Å²) in [5.41, 5.74) is 0. The zero-order chi connectivity index (χ0) is 33.1. The lowest BCUT2D eigenvalue weighted by Gasteiger charge is -2.27. The molecule has 0 aromatic rings. The number of carbonyl (C=O) groups excluding carboxylic acids is 1. The first kappa shape index (κ1) is 42.3. The quantitative estimate of drug-likeness (QED) is 0.0347. The smallest absolute Gasteiger partial charge is 0.329 e. The zero-order valence-corrected chi connectivity index (χ0v) is 31.1. The Balaban J connectivity index is 1.90. The Labute approximate surface area is 279 Å². The molecule has 8 heteroatoms. The third-order valence-electron chi connectivity index (χ3n) is 8.94. The Morgan fingerprint density at radius 3 is 1.67 bits per heavy atom. The van der Waals surface area contributed by atoms with E-state index in [-0.39, 0.29) is 12.5 Å². The van der Waals surface area contributed by atoms with Crippen LogP contribution in [-0.4, -0.2) is 67.3 Å². The van der Waals surface area contributed by atoms with Crippen molar-refractivity contribution in [2.75, 3.05) is 40.8 Å². The number of quaternary nitrogens is 1. The number of allylic oxidation sites excluding steroid dienone is 2. The van der Waals surface area contributed by atoms with Gasteiger partial charge in [0.15, 0.2) is 0 Å². The van der Waals surface area contributed by atoms with Crippen molar-refractivity contribution in [3.63, 3.8) is 0 Å². The summed E-state index contributed by atoms with van der Waals surface area (Å²) in [5, 5.41) is 0. The Morgan fingerprint density at radius 1 is 0.756 bits per heavy atom. The van der Waals surface area contributed by atoms with Gasteiger partial charge in [-0.05, 0) is 44.9 Å². The van der Waals surface area contributed by atoms with Crippen LogP contribution in [0, 0.1) is 0 Å². The van der Waals surface area contributed by atoms with Crippen LogP contribution in [0.1, 0.15) is 174 Å². The summed E-state index contributed by atoms with van der Waals surface area (Å²) in [4.78, 5) is 24.5. The molecule has 266 valence electrons. The second-order valence-electron chi connectivity index (χ2n) is 14.5. The Bertz CT molecular complexity index is 785. The number of hydrogen-bond acceptors (Lipinski definition) is 4. The summed E-state index contributed by atoms with van der Waals surface area (Å²) in [6.07, 6.45) is 36.4. The van der Waals surface area contributed by atoms with E-state index in [0.29, 0.717) is 30.4 Å². The van der Waals surface area contributed by atoms with Crippen LogP contribution >= 0.6 is 7.82 Å². The lowest BCUT2D eigenvalue weighted by atomic mass is 10.0. The minimum atomic E-state index is -4.19. The van der Waals surface area contributed by atoms with E-state index < -0.39 is 14.1 Å². The molecule has 1 heterocycles. The lowest BCUT2D eigenvalue weighted by Crippen LogP contribution is -2.38. The molecule has 0 aromatic heterocycles. The highest BCUT2D eigenvalue weighted by Gasteiger charge is 2.36. The highest BCUT2D eigenvalue weighted by atomic mass is 31.2. The average molecular weight is 658 g/mol. The van der Waals surface area contributed by atoms with Crippen LogP contribution in [0.15, 0.2) is 12.2 Å². The number of likely N-dealkylation sites (N-methyl/N-ethyl adjacent to an activating group) is 1. The van der Waals surface area contributed by atoms with Crippen molar-refractivity contribution in [1.29, 1.82) is 0 Å². The molecule has 0 aliphatic carbocycles. The van der Waals surface area contributed by atoms with Gasteiger partial charge in [-0.25, -0.2) is 4.57 Å². The molecule has 1 aliphatic rings. The second kappa shape index (κ2) is 27.3. The van der Waals surface area contributed by atoms with E-state index in [2.05, 4.69) is 19.1 Å². The van der Waals surface area contributed by atoms with Gasteiger partial charge < -0.3 is 14.3 Å². The molecule has 1 saturated heterocycles. The fraction of sp³-hybridized carbons (Fsp3) is 0.919. The van der Waals surface area contributed by atoms with E-state index >= 15 is 0 Å². The Morgan fingerprint density at radius 2 is 1.20 bits per heavy atom. The first-order chi connectivity index (χ1) is 21.6. The van der Waals surface area contributed by atoms with Gasteiger partial charge in [0.25, 0.3) is 0 Å². The minimum absolute atomic E-state index is 0.0147. The zero-order valence-electron chi connectivity index (χ0n) is 30.2. The third-order valence-corrected chi connectivity index (χ3v) is 9.96. The molecular formula is C37H74N2O5P+. The summed E-state index contributed by atoms with van der Waals surface area (Å²) in [6.45, 7) is 3.59. The molecule has 0 saturated carbocycles. The van der Waals surface area contributed by atoms with Crippen LogP contribution in [0.3, 0.4) is 0 Å². The van der Waals surface area contributed by atoms with Gasteiger partial charge in [-0.3, -0.25) is 13.8 Å². The molecule has 45 heavy (non-hydrogen) atoms. The maximum Gasteiger partial charge on any atom is 0.474 e. The molecule has 7 nitrogen and oxygen atoms in total. The molecule has 1 rings (SSSR count). The van der Waals surface area contributed by atoms with E-state index in [0.717, 1.165) is 32.1 Å². The number of hydrogen-bond donors (Lipinski definition) is 1. The van der Waals surface area contributed by atoms with Crippen molar-refractivity contribution in [1.82, 2.24) is 4.90 Å². The molecule has 0 radical (unpaired) electrons. The number of phosphoric acid groups is 1. The number of nitrogens with zero attached hydrogens (tertiary/aromatic N) is 2. The molecule has 0 bridgehead atoms. The van der Waals surface area contributed by atoms with Crippen LogP contribution < -0.4 is 0 Å². The monoisotopic (exact) mass is 658 g/mol. The molecule has 1 fully saturated rings. The molecule has 1 unspecified atom stereocenters. The molecule has 2 atom stereocenters. The van der Waals surface area contributed by atoms with Gasteiger partial charge in [-0.1, -0.05) is 135 Å². The van der Waals surface area contributed by atoms with Crippen LogP contribution in [0.25, 0.3) is 0 Å². The van der Waals surface area contributed by atoms with Crippen molar-refractivity contribution in [2.45, 2.75) is 180 Å². The number of unbranched alkanes of at least 4 members (excludes halogenated alkanes) is 21. The topological polar surface area (TPSA) is 76.1 Å². The summed E-state index contributed by atoms with van der Waals surface area (Å²) in [6, 6.07) is 0. The molecule has 0 spiro atoms. The molecule has 1 amide bonds. The van der Waals surface area contributed by atoms with Gasteiger partial charge >= 0.3 is 7.82 Å². The van der Waals surface area contributed by atoms with Crippen molar-refractivity contribution in [3.05, 3.63) is 12.2 Å². The van der Waals surface area contributed by atoms with Gasteiger partial charge in [-0.2, -0.15) is 0 Å². The number of phosphoric ester groups is 1. The fourth-order valence-electron chi connectivity index (χ4n) is 6.00. The number of likely N-dealkylation sites (tertiary alicyclic amines) is 1. The van der Waals surface area contributed by atoms with Crippen molar-refractivity contribution in [2.24, 2.45) is 0 Å². The van der Waals surface area contributed by atoms with Gasteiger partial charge in [0.05, 0.1) is 21.1 Å². The summed E-state index contributed by atoms with van der Waals surface area (Å²) >= 11 is 0. The Kier molecular flexibility index (Phi) is 25.6. The minimum Gasteiger partial charge on any atom is -0.329 e. The van der Waals surface area contributed by atoms with Crippen LogP contribution in [-0.2, 0) is 18.4 Å². The molecule has 0 aromatic carbocycles. The Hall–Kier alpha value is -0.720. The third kappa shape index (κ3) is 26.0. The first-order valence-electron chi connectivity index (χ1n) is 19.1. The van der Waals surface area contributed by atoms with Crippen LogP contribution in [0.5, 0.6) is 0 Å². The lowest BCUT2D eigenvalue weighted by molar-refractivity contribution is -0.870. The number of amides is 1. The highest BCUT2D eigenvalue weighted by Crippen LogP contribution is 2.46. The largest absolute Gasteiger partial charge is 0.474 e. The van der Waals surface area contributed by atoms with Gasteiger partial charge in [0.2, 0.25) is 5.91 Å². The summed E-state index contributed by atoms with van der Waals surface area (Å²) in [5.74, 6) is 0.0147. The van der Waals surface area contributed by atoms with E-state index in [1.165, 1.54) is 122 Å². The van der Waals surface area contributed by atoms with Crippen molar-refractivity contribution >= 4 is 13.7 Å². The maximum atomic E-state index is 12.7. The highest BCUT2D eigenvalue weighted by molar-refractivity contribution is 7.47. The second-order valence-corrected chi connectivity index (χ2v) is 15.9. The van der Waals surface area contributed by atoms with E-state index in [9.17, 15) is 14.3 Å². The predicted octanol–water partition coefficient (Wildman–Crippen LogP) is 10.7. The van der Waals surface area contributed by atoms with Crippen molar-refractivity contribution < 1.29 is 27.8 Å². The average Bonchev–Trinajstić information content (AvgIpc) is 3.43. The normalized spacial score (nSPS) is 17.0. The number of rotatable bonds is 31. The predicted molar refractivity (Wildman–Crippen MR) is 190 cm³/mol. The molecule has 1 aliphatic heterocycles. The molecule has 1 N–H and O–H groups in total. The van der Waals surface area contributed by atoms with Crippen LogP contribution in [0.4, 0.5) is 0 Å². The molecular weight excluding hydrogens is 583 g/mol. The number of carbonyl (C=O) groups is 1. The van der Waals surface area contributed by atoms with Crippen LogP contribution in [0.2, 0.25) is 0 Å². The summed E-state index contributed by atoms with van der Waals surface area (Å²) < 4.78 is 23.5. The van der Waals surface area contributed by atoms with Gasteiger partial charge in [0.1, 0.15) is 19.4 Å². The van der Waals surface area contributed by atoms with E-state index in [1.54, 1.807) is 4.90 Å². The standard InChI is InChI=1S/C37H73N2O5P/c1-5-6-7-8-9-10-11-12-13-14-15-16-17-18-19-20-21-22-23-24-25-26-27-28-29-31-36(40)38-33-30-32-37(38)44-45(41,42)43-35-34-39(2,3)4/h22-23,37H,5-21,24-35H2,1-4H3/p+1/b23-22-/t37-/m0/s1. The van der Waals surface area contributed by atoms with Crippen molar-refractivity contribution in [3.8, 4) is 0 Å². The summed E-state index contributed by atoms with van der Waals surface area (Å²) in [7, 11) is 1.78.